The highest BCUT2D eigenvalue weighted by Crippen LogP contribution is 2.37. The standard InChI is InChI=1S/C19H21N3O7/c1-11(17(24)20-14-8-4-5-9-15(14)22(27)28)29-16(23)10-21-18(25)12-6-2-3-7-13(12)19(21)26/h4-5,8-9,11-13H,2-3,6-7,10H2,1H3,(H,20,24)/t11-,12+,13+/m1/s1. The molecule has 0 bridgehead atoms. The second kappa shape index (κ2) is 8.38. The number of rotatable bonds is 6. The van der Waals surface area contributed by atoms with Gasteiger partial charge >= 0.3 is 5.97 Å². The number of para-hydroxylation sites is 2. The van der Waals surface area contributed by atoms with Crippen molar-refractivity contribution < 1.29 is 28.8 Å². The maximum absolute atomic E-state index is 12.4. The van der Waals surface area contributed by atoms with Crippen molar-refractivity contribution in [3.05, 3.63) is 34.4 Å². The van der Waals surface area contributed by atoms with E-state index in [-0.39, 0.29) is 35.0 Å². The van der Waals surface area contributed by atoms with E-state index < -0.39 is 29.4 Å². The van der Waals surface area contributed by atoms with Crippen LogP contribution in [-0.4, -0.2) is 46.2 Å². The molecule has 3 rings (SSSR count). The maximum atomic E-state index is 12.4. The number of amides is 3. The van der Waals surface area contributed by atoms with Gasteiger partial charge in [-0.05, 0) is 25.8 Å². The minimum atomic E-state index is -1.27. The predicted molar refractivity (Wildman–Crippen MR) is 99.4 cm³/mol. The maximum Gasteiger partial charge on any atom is 0.326 e. The molecule has 10 nitrogen and oxygen atoms in total. The zero-order chi connectivity index (χ0) is 21.1. The Kier molecular flexibility index (Phi) is 5.90. The Hall–Kier alpha value is -3.30. The lowest BCUT2D eigenvalue weighted by Crippen LogP contribution is -2.39. The van der Waals surface area contributed by atoms with Gasteiger partial charge in [0.2, 0.25) is 11.8 Å². The highest BCUT2D eigenvalue weighted by Gasteiger charge is 2.48. The molecule has 1 aromatic rings. The van der Waals surface area contributed by atoms with Gasteiger partial charge < -0.3 is 10.1 Å². The number of carbonyl (C=O) groups is 4. The van der Waals surface area contributed by atoms with Crippen LogP contribution in [0, 0.1) is 22.0 Å². The molecule has 1 aliphatic heterocycles. The molecule has 3 atom stereocenters. The van der Waals surface area contributed by atoms with Crippen LogP contribution < -0.4 is 5.32 Å². The third kappa shape index (κ3) is 4.25. The van der Waals surface area contributed by atoms with Crippen molar-refractivity contribution in [2.75, 3.05) is 11.9 Å². The second-order valence-electron chi connectivity index (χ2n) is 7.16. The SMILES string of the molecule is C[C@@H](OC(=O)CN1C(=O)[C@H]2CCCC[C@@H]2C1=O)C(=O)Nc1ccccc1[N+](=O)[O-]. The first kappa shape index (κ1) is 20.4. The quantitative estimate of drug-likeness (QED) is 0.330. The first-order valence-corrected chi connectivity index (χ1v) is 9.38. The molecule has 0 radical (unpaired) electrons. The zero-order valence-corrected chi connectivity index (χ0v) is 15.8. The summed E-state index contributed by atoms with van der Waals surface area (Å²) < 4.78 is 5.03. The van der Waals surface area contributed by atoms with E-state index in [1.807, 2.05) is 0 Å². The van der Waals surface area contributed by atoms with Crippen LogP contribution in [0.1, 0.15) is 32.6 Å². The van der Waals surface area contributed by atoms with E-state index in [1.165, 1.54) is 31.2 Å². The van der Waals surface area contributed by atoms with E-state index in [2.05, 4.69) is 5.32 Å². The van der Waals surface area contributed by atoms with Gasteiger partial charge in [0.1, 0.15) is 12.2 Å². The van der Waals surface area contributed by atoms with Crippen molar-refractivity contribution in [2.24, 2.45) is 11.8 Å². The number of esters is 1. The number of likely N-dealkylation sites (tertiary alicyclic amines) is 1. The van der Waals surface area contributed by atoms with Crippen molar-refractivity contribution in [1.82, 2.24) is 4.90 Å². The number of fused-ring (bicyclic) bond motifs is 1. The van der Waals surface area contributed by atoms with E-state index in [1.54, 1.807) is 0 Å². The summed E-state index contributed by atoms with van der Waals surface area (Å²) in [4.78, 5) is 60.5. The number of hydrogen-bond acceptors (Lipinski definition) is 7. The number of nitro benzene ring substituents is 1. The Morgan fingerprint density at radius 2 is 1.79 bits per heavy atom. The van der Waals surface area contributed by atoms with E-state index in [0.717, 1.165) is 17.7 Å². The molecule has 0 unspecified atom stereocenters. The Morgan fingerprint density at radius 1 is 1.21 bits per heavy atom. The third-order valence-corrected chi connectivity index (χ3v) is 5.26. The van der Waals surface area contributed by atoms with E-state index in [9.17, 15) is 29.3 Å². The second-order valence-corrected chi connectivity index (χ2v) is 7.16. The Balaban J connectivity index is 1.58. The highest BCUT2D eigenvalue weighted by molar-refractivity contribution is 6.07. The summed E-state index contributed by atoms with van der Waals surface area (Å²) in [7, 11) is 0. The summed E-state index contributed by atoms with van der Waals surface area (Å²) >= 11 is 0. The number of nitrogens with one attached hydrogen (secondary N) is 1. The van der Waals surface area contributed by atoms with Gasteiger partial charge in [0, 0.05) is 6.07 Å². The van der Waals surface area contributed by atoms with Gasteiger partial charge in [-0.15, -0.1) is 0 Å². The van der Waals surface area contributed by atoms with E-state index in [0.29, 0.717) is 12.8 Å². The van der Waals surface area contributed by atoms with Crippen LogP contribution in [0.3, 0.4) is 0 Å². The first-order valence-electron chi connectivity index (χ1n) is 9.38. The molecule has 2 aliphatic rings. The van der Waals surface area contributed by atoms with Gasteiger partial charge in [-0.1, -0.05) is 25.0 Å². The fraction of sp³-hybridized carbons (Fsp3) is 0.474. The number of imide groups is 1. The zero-order valence-electron chi connectivity index (χ0n) is 15.8. The van der Waals surface area contributed by atoms with Gasteiger partial charge in [-0.2, -0.15) is 0 Å². The number of nitrogens with zero attached hydrogens (tertiary/aromatic N) is 2. The summed E-state index contributed by atoms with van der Waals surface area (Å²) in [6, 6.07) is 5.56. The van der Waals surface area contributed by atoms with Crippen LogP contribution >= 0.6 is 0 Å². The molecule has 0 spiro atoms. The predicted octanol–water partition coefficient (Wildman–Crippen LogP) is 1.64. The van der Waals surface area contributed by atoms with Crippen LogP contribution in [0.5, 0.6) is 0 Å². The van der Waals surface area contributed by atoms with Gasteiger partial charge in [-0.3, -0.25) is 34.2 Å². The van der Waals surface area contributed by atoms with Crippen molar-refractivity contribution in [3.8, 4) is 0 Å². The van der Waals surface area contributed by atoms with Crippen LogP contribution in [0.15, 0.2) is 24.3 Å². The number of anilines is 1. The highest BCUT2D eigenvalue weighted by atomic mass is 16.6. The molecule has 1 aliphatic carbocycles. The van der Waals surface area contributed by atoms with Crippen molar-refractivity contribution in [3.63, 3.8) is 0 Å². The van der Waals surface area contributed by atoms with Crippen LogP contribution in [0.2, 0.25) is 0 Å². The van der Waals surface area contributed by atoms with E-state index >= 15 is 0 Å². The molecule has 1 saturated heterocycles. The molecule has 2 fully saturated rings. The Bertz CT molecular complexity index is 845. The summed E-state index contributed by atoms with van der Waals surface area (Å²) in [6.07, 6.45) is 1.76. The molecule has 29 heavy (non-hydrogen) atoms. The lowest BCUT2D eigenvalue weighted by molar-refractivity contribution is -0.383. The normalized spacial score (nSPS) is 22.0. The largest absolute Gasteiger partial charge is 0.451 e. The van der Waals surface area contributed by atoms with Crippen LogP contribution in [0.25, 0.3) is 0 Å². The van der Waals surface area contributed by atoms with Gasteiger partial charge in [0.15, 0.2) is 6.10 Å². The molecule has 1 aromatic carbocycles. The lowest BCUT2D eigenvalue weighted by Gasteiger charge is -2.19. The fourth-order valence-corrected chi connectivity index (χ4v) is 3.78. The monoisotopic (exact) mass is 403 g/mol. The average Bonchev–Trinajstić information content (AvgIpc) is 2.93. The molecule has 10 heteroatoms. The summed E-state index contributed by atoms with van der Waals surface area (Å²) in [5, 5.41) is 13.4. The fourth-order valence-electron chi connectivity index (χ4n) is 3.78. The summed E-state index contributed by atoms with van der Waals surface area (Å²) in [5.74, 6) is -3.13. The molecule has 1 N–H and O–H groups in total. The number of benzene rings is 1. The van der Waals surface area contributed by atoms with Crippen LogP contribution in [-0.2, 0) is 23.9 Å². The van der Waals surface area contributed by atoms with Crippen LogP contribution in [0.4, 0.5) is 11.4 Å². The topological polar surface area (TPSA) is 136 Å². The molecule has 0 aromatic heterocycles. The number of nitro groups is 1. The van der Waals surface area contributed by atoms with Crippen molar-refractivity contribution >= 4 is 35.1 Å². The smallest absolute Gasteiger partial charge is 0.326 e. The van der Waals surface area contributed by atoms with Gasteiger partial charge in [0.25, 0.3) is 11.6 Å². The third-order valence-electron chi connectivity index (χ3n) is 5.26. The number of ether oxygens (including phenoxy) is 1. The number of hydrogen-bond donors (Lipinski definition) is 1. The first-order chi connectivity index (χ1) is 13.8. The molecule has 3 amide bonds. The Morgan fingerprint density at radius 3 is 2.38 bits per heavy atom. The van der Waals surface area contributed by atoms with E-state index in [4.69, 9.17) is 4.74 Å². The Labute approximate surface area is 166 Å². The molecule has 1 saturated carbocycles. The van der Waals surface area contributed by atoms with Gasteiger partial charge in [0.05, 0.1) is 16.8 Å². The van der Waals surface area contributed by atoms with Gasteiger partial charge in [-0.25, -0.2) is 0 Å². The summed E-state index contributed by atoms with van der Waals surface area (Å²) in [5.41, 5.74) is -0.324. The summed E-state index contributed by atoms with van der Waals surface area (Å²) in [6.45, 7) is 0.753. The van der Waals surface area contributed by atoms with Crippen molar-refractivity contribution in [2.45, 2.75) is 38.7 Å². The molecular weight excluding hydrogens is 382 g/mol. The minimum Gasteiger partial charge on any atom is -0.451 e. The lowest BCUT2D eigenvalue weighted by atomic mass is 9.81. The average molecular weight is 403 g/mol. The molecule has 1 heterocycles. The molecule has 154 valence electrons. The minimum absolute atomic E-state index is 0.0284. The molecular formula is C19H21N3O7. The van der Waals surface area contributed by atoms with Crippen molar-refractivity contribution in [1.29, 1.82) is 0 Å². The number of carbonyl (C=O) groups excluding carboxylic acids is 4.